The van der Waals surface area contributed by atoms with E-state index in [0.29, 0.717) is 6.42 Å². The summed E-state index contributed by atoms with van der Waals surface area (Å²) in [5.41, 5.74) is 0. The molecule has 1 saturated heterocycles. The van der Waals surface area contributed by atoms with E-state index >= 15 is 0 Å². The molecule has 5 nitrogen and oxygen atoms in total. The van der Waals surface area contributed by atoms with Crippen LogP contribution in [0.4, 0.5) is 0 Å². The first kappa shape index (κ1) is 12.3. The quantitative estimate of drug-likeness (QED) is 0.456. The lowest BCUT2D eigenvalue weighted by Crippen LogP contribution is -2.38. The zero-order valence-electron chi connectivity index (χ0n) is 8.27. The van der Waals surface area contributed by atoms with E-state index in [9.17, 15) is 0 Å². The maximum atomic E-state index is 8.41. The standard InChI is InChI=1S/C5H15NO4Si4/c1-13-8-11-7-12-9-14(10-13)5-3-2-4-6/h13-14H,2-3,5,11-12H2,1H3. The molecule has 0 bridgehead atoms. The molecule has 2 atom stereocenters. The predicted octanol–water partition coefficient (Wildman–Crippen LogP) is -1.56. The topological polar surface area (TPSA) is 60.7 Å². The highest BCUT2D eigenvalue weighted by Crippen LogP contribution is 2.07. The molecule has 1 rings (SSSR count). The van der Waals surface area contributed by atoms with Crippen molar-refractivity contribution in [3.8, 4) is 6.07 Å². The molecule has 80 valence electrons. The maximum absolute atomic E-state index is 8.41. The summed E-state index contributed by atoms with van der Waals surface area (Å²) in [6, 6.07) is 3.03. The summed E-state index contributed by atoms with van der Waals surface area (Å²) >= 11 is 0. The van der Waals surface area contributed by atoms with Gasteiger partial charge in [0.25, 0.3) is 29.3 Å². The first-order chi connectivity index (χ1) is 6.83. The number of unbranched alkanes of at least 4 members (excludes halogenated alkanes) is 1. The highest BCUT2D eigenvalue weighted by atomic mass is 28.4. The molecule has 1 aliphatic rings. The van der Waals surface area contributed by atoms with E-state index in [1.807, 2.05) is 6.55 Å². The van der Waals surface area contributed by atoms with Crippen molar-refractivity contribution in [3.05, 3.63) is 0 Å². The highest BCUT2D eigenvalue weighted by molar-refractivity contribution is 6.65. The van der Waals surface area contributed by atoms with E-state index in [0.717, 1.165) is 12.5 Å². The van der Waals surface area contributed by atoms with Gasteiger partial charge < -0.3 is 16.5 Å². The maximum Gasteiger partial charge on any atom is 0.303 e. The summed E-state index contributed by atoms with van der Waals surface area (Å²) in [5, 5.41) is 8.41. The molecule has 0 aromatic rings. The Labute approximate surface area is 92.1 Å². The van der Waals surface area contributed by atoms with Crippen LogP contribution in [0, 0.1) is 11.3 Å². The average molecular weight is 266 g/mol. The first-order valence-electron chi connectivity index (χ1n) is 4.66. The fraction of sp³-hybridized carbons (Fsp3) is 0.800. The molecule has 0 N–H and O–H groups in total. The lowest BCUT2D eigenvalue weighted by atomic mass is 10.4. The summed E-state index contributed by atoms with van der Waals surface area (Å²) in [4.78, 5) is 0. The van der Waals surface area contributed by atoms with Gasteiger partial charge in [0.15, 0.2) is 0 Å². The average Bonchev–Trinajstić information content (AvgIpc) is 2.13. The fourth-order valence-corrected chi connectivity index (χ4v) is 10.7. The van der Waals surface area contributed by atoms with E-state index < -0.39 is 38.6 Å². The van der Waals surface area contributed by atoms with Gasteiger partial charge in [-0.1, -0.05) is 0 Å². The Hall–Kier alpha value is 0.198. The Morgan fingerprint density at radius 2 is 2.14 bits per heavy atom. The lowest BCUT2D eigenvalue weighted by molar-refractivity contribution is 0.314. The summed E-state index contributed by atoms with van der Waals surface area (Å²) in [6.07, 6.45) is 1.46. The van der Waals surface area contributed by atoms with E-state index in [2.05, 4.69) is 6.07 Å². The SMILES string of the molecule is C[SiH]1O[SiH2]O[SiH2]O[SiH](CCCC#N)O1. The van der Waals surface area contributed by atoms with Gasteiger partial charge in [-0.15, -0.1) is 0 Å². The van der Waals surface area contributed by atoms with Crippen molar-refractivity contribution in [1.82, 2.24) is 0 Å². The van der Waals surface area contributed by atoms with Crippen LogP contribution in [0.3, 0.4) is 0 Å². The van der Waals surface area contributed by atoms with Crippen LogP contribution in [-0.4, -0.2) is 38.6 Å². The number of hydrogen-bond donors (Lipinski definition) is 0. The third-order valence-corrected chi connectivity index (χ3v) is 11.2. The van der Waals surface area contributed by atoms with Crippen molar-refractivity contribution < 1.29 is 16.5 Å². The molecule has 0 saturated carbocycles. The van der Waals surface area contributed by atoms with Crippen LogP contribution in [0.1, 0.15) is 12.8 Å². The largest absolute Gasteiger partial charge is 0.425 e. The monoisotopic (exact) mass is 265 g/mol. The van der Waals surface area contributed by atoms with Crippen LogP contribution in [0.15, 0.2) is 0 Å². The Morgan fingerprint density at radius 1 is 1.36 bits per heavy atom. The van der Waals surface area contributed by atoms with Gasteiger partial charge >= 0.3 is 9.28 Å². The van der Waals surface area contributed by atoms with Gasteiger partial charge in [-0.2, -0.15) is 5.26 Å². The summed E-state index contributed by atoms with van der Waals surface area (Å²) in [7, 11) is -4.65. The van der Waals surface area contributed by atoms with Crippen molar-refractivity contribution in [2.24, 2.45) is 0 Å². The zero-order chi connectivity index (χ0) is 10.2. The Balaban J connectivity index is 2.22. The number of hydrogen-bond acceptors (Lipinski definition) is 5. The Kier molecular flexibility index (Phi) is 6.56. The molecule has 0 aliphatic carbocycles. The number of nitriles is 1. The molecule has 1 heterocycles. The minimum atomic E-state index is -1.55. The fourth-order valence-electron chi connectivity index (χ4n) is 1.09. The van der Waals surface area contributed by atoms with Gasteiger partial charge in [-0.05, 0) is 19.0 Å². The third-order valence-electron chi connectivity index (χ3n) is 1.80. The normalized spacial score (nSPS) is 32.3. The molecule has 0 amide bonds. The molecule has 0 aromatic carbocycles. The second-order valence-electron chi connectivity index (χ2n) is 2.96. The van der Waals surface area contributed by atoms with Crippen molar-refractivity contribution >= 4 is 38.6 Å². The van der Waals surface area contributed by atoms with E-state index in [1.165, 1.54) is 0 Å². The van der Waals surface area contributed by atoms with Gasteiger partial charge in [0.1, 0.15) is 0 Å². The number of nitrogens with zero attached hydrogens (tertiary/aromatic N) is 1. The Bertz CT molecular complexity index is 201. The highest BCUT2D eigenvalue weighted by Gasteiger charge is 2.20. The van der Waals surface area contributed by atoms with Crippen LogP contribution in [0.2, 0.25) is 12.6 Å². The van der Waals surface area contributed by atoms with Gasteiger partial charge in [0.2, 0.25) is 0 Å². The zero-order valence-corrected chi connectivity index (χ0v) is 13.4. The minimum absolute atomic E-state index is 0.587. The lowest BCUT2D eigenvalue weighted by Gasteiger charge is -2.24. The molecular formula is C5H15NO4Si4. The molecule has 0 aromatic heterocycles. The van der Waals surface area contributed by atoms with Gasteiger partial charge in [0.05, 0.1) is 6.07 Å². The van der Waals surface area contributed by atoms with Crippen LogP contribution >= 0.6 is 0 Å². The van der Waals surface area contributed by atoms with Crippen molar-refractivity contribution in [1.29, 1.82) is 5.26 Å². The third kappa shape index (κ3) is 5.17. The molecule has 2 unspecified atom stereocenters. The van der Waals surface area contributed by atoms with E-state index in [4.69, 9.17) is 21.7 Å². The smallest absolute Gasteiger partial charge is 0.303 e. The molecule has 1 aliphatic heterocycles. The number of rotatable bonds is 3. The predicted molar refractivity (Wildman–Crippen MR) is 61.2 cm³/mol. The summed E-state index contributed by atoms with van der Waals surface area (Å²) < 4.78 is 22.2. The van der Waals surface area contributed by atoms with Gasteiger partial charge in [0, 0.05) is 6.42 Å². The summed E-state index contributed by atoms with van der Waals surface area (Å²) in [6.45, 7) is 2.01. The Morgan fingerprint density at radius 3 is 2.93 bits per heavy atom. The van der Waals surface area contributed by atoms with Crippen molar-refractivity contribution in [3.63, 3.8) is 0 Å². The minimum Gasteiger partial charge on any atom is -0.425 e. The van der Waals surface area contributed by atoms with Crippen LogP contribution in [0.25, 0.3) is 0 Å². The first-order valence-corrected chi connectivity index (χ1v) is 10.8. The van der Waals surface area contributed by atoms with Crippen LogP contribution in [0.5, 0.6) is 0 Å². The van der Waals surface area contributed by atoms with Crippen molar-refractivity contribution in [2.45, 2.75) is 25.4 Å². The molecule has 14 heavy (non-hydrogen) atoms. The molecule has 0 spiro atoms. The molecule has 0 radical (unpaired) electrons. The second kappa shape index (κ2) is 7.48. The second-order valence-corrected chi connectivity index (χ2v) is 11.4. The molecular weight excluding hydrogens is 250 g/mol. The summed E-state index contributed by atoms with van der Waals surface area (Å²) in [5.74, 6) is 0. The molecule has 9 heteroatoms. The molecule has 1 fully saturated rings. The van der Waals surface area contributed by atoms with Crippen LogP contribution < -0.4 is 0 Å². The van der Waals surface area contributed by atoms with E-state index in [1.54, 1.807) is 0 Å². The van der Waals surface area contributed by atoms with Gasteiger partial charge in [-0.3, -0.25) is 0 Å². The van der Waals surface area contributed by atoms with Crippen molar-refractivity contribution in [2.75, 3.05) is 0 Å². The van der Waals surface area contributed by atoms with E-state index in [-0.39, 0.29) is 0 Å². The van der Waals surface area contributed by atoms with Gasteiger partial charge in [-0.25, -0.2) is 0 Å². The van der Waals surface area contributed by atoms with Crippen LogP contribution in [-0.2, 0) is 16.5 Å².